The molecule has 1 atom stereocenters. The molecule has 0 aromatic heterocycles. The number of anilines is 1. The Morgan fingerprint density at radius 1 is 1.32 bits per heavy atom. The smallest absolute Gasteiger partial charge is 0.338 e. The predicted octanol–water partition coefficient (Wildman–Crippen LogP) is 1.90. The number of ether oxygens (including phenoxy) is 1. The van der Waals surface area contributed by atoms with Crippen molar-refractivity contribution in [1.82, 2.24) is 5.32 Å². The lowest BCUT2D eigenvalue weighted by Crippen LogP contribution is -2.40. The van der Waals surface area contributed by atoms with Crippen LogP contribution in [0.1, 0.15) is 43.0 Å². The van der Waals surface area contributed by atoms with E-state index in [1.807, 2.05) is 4.90 Å². The summed E-state index contributed by atoms with van der Waals surface area (Å²) >= 11 is 1.21. The molecule has 0 saturated heterocycles. The molecule has 1 aromatic carbocycles. The first-order valence-electron chi connectivity index (χ1n) is 9.26. The van der Waals surface area contributed by atoms with Gasteiger partial charge in [-0.1, -0.05) is 12.8 Å². The molecule has 2 heterocycles. The summed E-state index contributed by atoms with van der Waals surface area (Å²) in [5, 5.41) is 3.32. The van der Waals surface area contributed by atoms with E-state index in [2.05, 4.69) is 9.71 Å². The Balaban J connectivity index is 1.43. The van der Waals surface area contributed by atoms with Crippen LogP contribution in [0.5, 0.6) is 0 Å². The quantitative estimate of drug-likeness (QED) is 0.738. The number of sulfonamides is 1. The van der Waals surface area contributed by atoms with Crippen LogP contribution in [0.4, 0.5) is 5.69 Å². The van der Waals surface area contributed by atoms with Crippen LogP contribution in [0.25, 0.3) is 0 Å². The molecule has 4 rings (SSSR count). The monoisotopic (exact) mass is 423 g/mol. The Hall–Kier alpha value is -2.07. The van der Waals surface area contributed by atoms with Crippen LogP contribution < -0.4 is 10.2 Å². The lowest BCUT2D eigenvalue weighted by atomic mass is 10.2. The maximum absolute atomic E-state index is 12.5. The summed E-state index contributed by atoms with van der Waals surface area (Å²) in [6.07, 6.45) is 3.26. The molecule has 0 radical (unpaired) electrons. The molecule has 0 unspecified atom stereocenters. The number of carbonyl (C=O) groups excluding carboxylic acids is 2. The second kappa shape index (κ2) is 7.40. The zero-order chi connectivity index (χ0) is 19.9. The van der Waals surface area contributed by atoms with Gasteiger partial charge in [0.15, 0.2) is 11.3 Å². The molecule has 150 valence electrons. The molecule has 1 fully saturated rings. The molecule has 8 nitrogen and oxygen atoms in total. The van der Waals surface area contributed by atoms with Crippen LogP contribution in [-0.2, 0) is 19.6 Å². The van der Waals surface area contributed by atoms with Gasteiger partial charge >= 0.3 is 5.97 Å². The number of fused-ring (bicyclic) bond motifs is 3. The van der Waals surface area contributed by atoms with E-state index >= 15 is 0 Å². The van der Waals surface area contributed by atoms with Gasteiger partial charge in [-0.2, -0.15) is 0 Å². The molecule has 2 aliphatic heterocycles. The molecular weight excluding hydrogens is 402 g/mol. The standard InChI is InChI=1S/C18H21N3O5S2/c1-11(16(22)19-13-4-2-3-5-13)26-17(23)12-6-7-14-15(10-12)27-18-20-28(24,25)9-8-21(14)18/h6-7,10-11,13H,2-5,8-9H2,1H3,(H,19,22)/t11-/m0/s1. The number of hydrogen-bond donors (Lipinski definition) is 1. The second-order valence-corrected chi connectivity index (χ2v) is 9.90. The molecule has 0 bridgehead atoms. The third-order valence-corrected chi connectivity index (χ3v) is 7.37. The van der Waals surface area contributed by atoms with Crippen molar-refractivity contribution in [2.75, 3.05) is 17.2 Å². The first-order valence-corrected chi connectivity index (χ1v) is 11.7. The van der Waals surface area contributed by atoms with Crippen molar-refractivity contribution >= 4 is 44.5 Å². The molecule has 10 heteroatoms. The molecule has 1 saturated carbocycles. The zero-order valence-corrected chi connectivity index (χ0v) is 17.0. The molecule has 1 amide bonds. The number of amidine groups is 1. The third-order valence-electron chi connectivity index (χ3n) is 5.06. The fourth-order valence-electron chi connectivity index (χ4n) is 3.53. The Kier molecular flexibility index (Phi) is 5.09. The van der Waals surface area contributed by atoms with E-state index in [1.165, 1.54) is 11.8 Å². The second-order valence-electron chi connectivity index (χ2n) is 7.13. The van der Waals surface area contributed by atoms with Gasteiger partial charge in [-0.15, -0.1) is 4.40 Å². The van der Waals surface area contributed by atoms with E-state index in [0.29, 0.717) is 17.3 Å². The van der Waals surface area contributed by atoms with Gasteiger partial charge < -0.3 is 15.0 Å². The van der Waals surface area contributed by atoms with Gasteiger partial charge in [0.05, 0.1) is 17.0 Å². The van der Waals surface area contributed by atoms with Crippen molar-refractivity contribution < 1.29 is 22.7 Å². The van der Waals surface area contributed by atoms with E-state index in [9.17, 15) is 18.0 Å². The largest absolute Gasteiger partial charge is 0.449 e. The Morgan fingerprint density at radius 3 is 2.82 bits per heavy atom. The van der Waals surface area contributed by atoms with Crippen molar-refractivity contribution in [3.8, 4) is 0 Å². The molecule has 1 aliphatic carbocycles. The number of amides is 1. The van der Waals surface area contributed by atoms with Crippen LogP contribution in [0.2, 0.25) is 0 Å². The lowest BCUT2D eigenvalue weighted by molar-refractivity contribution is -0.129. The summed E-state index contributed by atoms with van der Waals surface area (Å²) in [7, 11) is -3.43. The number of benzene rings is 1. The van der Waals surface area contributed by atoms with Gasteiger partial charge in [-0.3, -0.25) is 4.79 Å². The average molecular weight is 424 g/mol. The molecule has 3 aliphatic rings. The fourth-order valence-corrected chi connectivity index (χ4v) is 5.82. The van der Waals surface area contributed by atoms with Gasteiger partial charge in [0.1, 0.15) is 0 Å². The van der Waals surface area contributed by atoms with Crippen molar-refractivity contribution in [3.05, 3.63) is 23.8 Å². The van der Waals surface area contributed by atoms with Crippen molar-refractivity contribution in [1.29, 1.82) is 0 Å². The van der Waals surface area contributed by atoms with Gasteiger partial charge in [0.2, 0.25) is 0 Å². The van der Waals surface area contributed by atoms with Crippen LogP contribution in [-0.4, -0.2) is 49.9 Å². The topological polar surface area (TPSA) is 105 Å². The number of hydrogen-bond acceptors (Lipinski definition) is 7. The van der Waals surface area contributed by atoms with Crippen molar-refractivity contribution in [2.45, 2.75) is 49.6 Å². The average Bonchev–Trinajstić information content (AvgIpc) is 3.26. The minimum absolute atomic E-state index is 0.0338. The third kappa shape index (κ3) is 3.88. The highest BCUT2D eigenvalue weighted by Gasteiger charge is 2.34. The lowest BCUT2D eigenvalue weighted by Gasteiger charge is -2.22. The first-order chi connectivity index (χ1) is 13.3. The highest BCUT2D eigenvalue weighted by Crippen LogP contribution is 2.42. The Morgan fingerprint density at radius 2 is 2.07 bits per heavy atom. The highest BCUT2D eigenvalue weighted by atomic mass is 32.2. The summed E-state index contributed by atoms with van der Waals surface area (Å²) in [5.41, 5.74) is 1.14. The number of nitrogens with zero attached hydrogens (tertiary/aromatic N) is 2. The predicted molar refractivity (Wildman–Crippen MR) is 106 cm³/mol. The van der Waals surface area contributed by atoms with E-state index in [0.717, 1.165) is 36.3 Å². The Labute approximate surface area is 167 Å². The molecular formula is C18H21N3O5S2. The minimum Gasteiger partial charge on any atom is -0.449 e. The summed E-state index contributed by atoms with van der Waals surface area (Å²) in [6.45, 7) is 1.90. The van der Waals surface area contributed by atoms with E-state index in [1.54, 1.807) is 25.1 Å². The van der Waals surface area contributed by atoms with Gasteiger partial charge in [0, 0.05) is 17.5 Å². The van der Waals surface area contributed by atoms with Gasteiger partial charge in [-0.25, -0.2) is 13.2 Å². The van der Waals surface area contributed by atoms with Crippen molar-refractivity contribution in [2.24, 2.45) is 4.40 Å². The van der Waals surface area contributed by atoms with Crippen LogP contribution >= 0.6 is 11.8 Å². The number of nitrogens with one attached hydrogen (secondary N) is 1. The summed E-state index contributed by atoms with van der Waals surface area (Å²) in [6, 6.07) is 5.19. The maximum Gasteiger partial charge on any atom is 0.338 e. The molecule has 0 spiro atoms. The molecule has 28 heavy (non-hydrogen) atoms. The molecule has 1 N–H and O–H groups in total. The summed E-state index contributed by atoms with van der Waals surface area (Å²) in [5.74, 6) is -0.905. The van der Waals surface area contributed by atoms with Crippen LogP contribution in [0.3, 0.4) is 0 Å². The van der Waals surface area contributed by atoms with E-state index in [-0.39, 0.29) is 17.7 Å². The fraction of sp³-hybridized carbons (Fsp3) is 0.500. The zero-order valence-electron chi connectivity index (χ0n) is 15.4. The van der Waals surface area contributed by atoms with Gasteiger partial charge in [0.25, 0.3) is 15.9 Å². The number of thioether (sulfide) groups is 1. The Bertz CT molecular complexity index is 954. The number of carbonyl (C=O) groups is 2. The number of esters is 1. The van der Waals surface area contributed by atoms with E-state index in [4.69, 9.17) is 4.74 Å². The van der Waals surface area contributed by atoms with Crippen LogP contribution in [0, 0.1) is 0 Å². The first kappa shape index (κ1) is 19.3. The SMILES string of the molecule is C[C@H](OC(=O)c1ccc2c(c1)SC1=NS(=O)(=O)CCN12)C(=O)NC1CCCC1. The normalized spacial score (nSPS) is 21.5. The van der Waals surface area contributed by atoms with Crippen LogP contribution in [0.15, 0.2) is 27.5 Å². The summed E-state index contributed by atoms with van der Waals surface area (Å²) < 4.78 is 32.5. The minimum atomic E-state index is -3.43. The highest BCUT2D eigenvalue weighted by molar-refractivity contribution is 8.15. The van der Waals surface area contributed by atoms with E-state index < -0.39 is 22.1 Å². The maximum atomic E-state index is 12.5. The number of rotatable bonds is 4. The molecule has 1 aromatic rings. The summed E-state index contributed by atoms with van der Waals surface area (Å²) in [4.78, 5) is 27.2. The van der Waals surface area contributed by atoms with Gasteiger partial charge in [-0.05, 0) is 49.7 Å². The van der Waals surface area contributed by atoms with Crippen molar-refractivity contribution in [3.63, 3.8) is 0 Å².